The van der Waals surface area contributed by atoms with Crippen LogP contribution in [0, 0.1) is 5.92 Å². The maximum Gasteiger partial charge on any atom is 0.164 e. The molecule has 0 fully saturated rings. The summed E-state index contributed by atoms with van der Waals surface area (Å²) in [5, 5.41) is 4.48. The average molecular weight is 885 g/mol. The van der Waals surface area contributed by atoms with Crippen LogP contribution >= 0.6 is 12.6 Å². The van der Waals surface area contributed by atoms with E-state index in [0.717, 1.165) is 72.6 Å². The van der Waals surface area contributed by atoms with E-state index in [-0.39, 0.29) is 11.3 Å². The molecule has 0 bridgehead atoms. The zero-order valence-corrected chi connectivity index (χ0v) is 38.9. The third-order valence-corrected chi connectivity index (χ3v) is 14.2. The largest absolute Gasteiger partial charge is 0.456 e. The smallest absolute Gasteiger partial charge is 0.164 e. The topological polar surface area (TPSA) is 56.7 Å². The standard InChI is InChI=1S/C61H48N4OS/c1-5-6-19-44(36-67)65-53-27-23-41(40-22-26-52-46(32-40)45-20-13-14-21-51(45)61(52,3)4)33-47(53)48-34-42(24-28-54(48)65)43-25-29-55-49(35-43)57-50(30-37(2)31-56(57)66-55)60-63-58(38-15-9-7-10-16-38)62-59(64-60)39-17-11-8-12-18-39/h5-29,31-35,37,67H,30,36H2,1-4H3/b6-5-,44-19+. The highest BCUT2D eigenvalue weighted by Crippen LogP contribution is 2.50. The summed E-state index contributed by atoms with van der Waals surface area (Å²) < 4.78 is 9.06. The van der Waals surface area contributed by atoms with Gasteiger partial charge in [-0.1, -0.05) is 148 Å². The lowest BCUT2D eigenvalue weighted by atomic mass is 9.82. The van der Waals surface area contributed by atoms with Crippen LogP contribution in [0.25, 0.3) is 106 Å². The number of furan rings is 1. The highest BCUT2D eigenvalue weighted by molar-refractivity contribution is 7.80. The number of benzene rings is 7. The summed E-state index contributed by atoms with van der Waals surface area (Å²) in [5.74, 6) is 2.79. The zero-order chi connectivity index (χ0) is 45.4. The minimum Gasteiger partial charge on any atom is -0.456 e. The van der Waals surface area contributed by atoms with E-state index in [1.54, 1.807) is 0 Å². The SMILES string of the molecule is C/C=C\C=C(/CS)n1c2ccc(-c3ccc4c(c3)-c3ccccc3C4(C)C)cc2c2cc(-c3ccc4oc5c(c4c3)=C(c3nc(-c4ccccc4)nc(-c4ccccc4)n3)CC(C)C=5)ccc21. The molecule has 0 aliphatic heterocycles. The van der Waals surface area contributed by atoms with Gasteiger partial charge in [0.25, 0.3) is 0 Å². The second-order valence-corrected chi connectivity index (χ2v) is 18.8. The highest BCUT2D eigenvalue weighted by atomic mass is 32.1. The number of thiol groups is 1. The summed E-state index contributed by atoms with van der Waals surface area (Å²) in [6, 6.07) is 56.7. The lowest BCUT2D eigenvalue weighted by molar-refractivity contribution is 0.563. The molecule has 7 aromatic carbocycles. The number of nitrogens with zero attached hydrogens (tertiary/aromatic N) is 4. The molecule has 2 aliphatic carbocycles. The molecule has 3 heterocycles. The van der Waals surface area contributed by atoms with E-state index in [0.29, 0.717) is 23.2 Å². The Morgan fingerprint density at radius 3 is 1.82 bits per heavy atom. The molecular weight excluding hydrogens is 837 g/mol. The van der Waals surface area contributed by atoms with Crippen LogP contribution in [0.4, 0.5) is 0 Å². The molecule has 0 N–H and O–H groups in total. The van der Waals surface area contributed by atoms with Crippen LogP contribution in [0.1, 0.15) is 51.1 Å². The van der Waals surface area contributed by atoms with Gasteiger partial charge in [-0.3, -0.25) is 0 Å². The van der Waals surface area contributed by atoms with Crippen LogP contribution in [0.2, 0.25) is 0 Å². The summed E-state index contributed by atoms with van der Waals surface area (Å²) in [5.41, 5.74) is 18.1. The first-order valence-electron chi connectivity index (χ1n) is 23.2. The second kappa shape index (κ2) is 16.1. The molecule has 0 saturated carbocycles. The highest BCUT2D eigenvalue weighted by Gasteiger charge is 2.35. The Morgan fingerprint density at radius 1 is 0.627 bits per heavy atom. The molecule has 5 nitrogen and oxygen atoms in total. The Kier molecular flexibility index (Phi) is 9.84. The van der Waals surface area contributed by atoms with Gasteiger partial charge in [0.15, 0.2) is 17.5 Å². The molecule has 12 rings (SSSR count). The Bertz CT molecular complexity index is 3760. The van der Waals surface area contributed by atoms with Crippen LogP contribution in [0.3, 0.4) is 0 Å². The van der Waals surface area contributed by atoms with Crippen LogP contribution < -0.4 is 10.6 Å². The van der Waals surface area contributed by atoms with Crippen molar-refractivity contribution in [1.82, 2.24) is 19.5 Å². The first kappa shape index (κ1) is 40.9. The lowest BCUT2D eigenvalue weighted by Gasteiger charge is -2.21. The van der Waals surface area contributed by atoms with E-state index >= 15 is 0 Å². The van der Waals surface area contributed by atoms with E-state index in [4.69, 9.17) is 32.0 Å². The van der Waals surface area contributed by atoms with Crippen LogP contribution in [0.15, 0.2) is 180 Å². The molecule has 0 saturated heterocycles. The Labute approximate surface area is 395 Å². The van der Waals surface area contributed by atoms with E-state index in [1.165, 1.54) is 44.2 Å². The predicted molar refractivity (Wildman–Crippen MR) is 281 cm³/mol. The number of rotatable bonds is 8. The second-order valence-electron chi connectivity index (χ2n) is 18.5. The van der Waals surface area contributed by atoms with Crippen LogP contribution in [-0.2, 0) is 5.41 Å². The van der Waals surface area contributed by atoms with Gasteiger partial charge in [0.05, 0.1) is 11.0 Å². The normalized spacial score (nSPS) is 15.3. The molecule has 1 atom stereocenters. The Hall–Kier alpha value is -7.54. The molecule has 0 radical (unpaired) electrons. The van der Waals surface area contributed by atoms with Crippen molar-refractivity contribution in [2.75, 3.05) is 5.75 Å². The Morgan fingerprint density at radius 2 is 1.18 bits per heavy atom. The van der Waals surface area contributed by atoms with Gasteiger partial charge in [0.2, 0.25) is 0 Å². The lowest BCUT2D eigenvalue weighted by Crippen LogP contribution is -2.30. The zero-order valence-electron chi connectivity index (χ0n) is 38.0. The number of allylic oxidation sites excluding steroid dienone is 3. The van der Waals surface area contributed by atoms with Crippen LogP contribution in [-0.4, -0.2) is 25.3 Å². The summed E-state index contributed by atoms with van der Waals surface area (Å²) in [4.78, 5) is 15.4. The summed E-state index contributed by atoms with van der Waals surface area (Å²) in [7, 11) is 0. The van der Waals surface area contributed by atoms with Gasteiger partial charge in [0.1, 0.15) is 11.0 Å². The molecule has 0 spiro atoms. The van der Waals surface area contributed by atoms with Crippen molar-refractivity contribution in [1.29, 1.82) is 0 Å². The first-order chi connectivity index (χ1) is 32.8. The fourth-order valence-electron chi connectivity index (χ4n) is 10.6. The molecular formula is C61H48N4OS. The first-order valence-corrected chi connectivity index (χ1v) is 23.8. The molecule has 3 aromatic heterocycles. The predicted octanol–water partition coefficient (Wildman–Crippen LogP) is 14.1. The van der Waals surface area contributed by atoms with Crippen molar-refractivity contribution in [2.45, 2.75) is 39.5 Å². The van der Waals surface area contributed by atoms with Gasteiger partial charge in [-0.25, -0.2) is 15.0 Å². The molecule has 6 heteroatoms. The van der Waals surface area contributed by atoms with E-state index in [2.05, 4.69) is 178 Å². The van der Waals surface area contributed by atoms with Crippen molar-refractivity contribution >= 4 is 62.8 Å². The summed E-state index contributed by atoms with van der Waals surface area (Å²) in [6.07, 6.45) is 9.36. The maximum atomic E-state index is 6.68. The fraction of sp³-hybridized carbons (Fsp3) is 0.131. The van der Waals surface area contributed by atoms with Gasteiger partial charge in [-0.15, -0.1) is 0 Å². The van der Waals surface area contributed by atoms with Gasteiger partial charge in [-0.05, 0) is 118 Å². The third kappa shape index (κ3) is 6.81. The number of hydrogen-bond donors (Lipinski definition) is 1. The van der Waals surface area contributed by atoms with E-state index in [9.17, 15) is 0 Å². The summed E-state index contributed by atoms with van der Waals surface area (Å²) >= 11 is 4.86. The molecule has 1 unspecified atom stereocenters. The minimum absolute atomic E-state index is 0.0412. The van der Waals surface area contributed by atoms with Crippen molar-refractivity contribution in [2.24, 2.45) is 5.92 Å². The molecule has 2 aliphatic rings. The number of aromatic nitrogens is 4. The summed E-state index contributed by atoms with van der Waals surface area (Å²) in [6.45, 7) is 8.95. The van der Waals surface area contributed by atoms with Crippen LogP contribution in [0.5, 0.6) is 0 Å². The van der Waals surface area contributed by atoms with Crippen molar-refractivity contribution in [3.63, 3.8) is 0 Å². The third-order valence-electron chi connectivity index (χ3n) is 13.9. The van der Waals surface area contributed by atoms with Gasteiger partial charge in [0, 0.05) is 54.9 Å². The van der Waals surface area contributed by atoms with Gasteiger partial charge >= 0.3 is 0 Å². The van der Waals surface area contributed by atoms with Crippen molar-refractivity contribution < 1.29 is 4.42 Å². The van der Waals surface area contributed by atoms with Gasteiger partial charge < -0.3 is 8.98 Å². The molecule has 67 heavy (non-hydrogen) atoms. The molecule has 324 valence electrons. The number of fused-ring (bicyclic) bond motifs is 9. The van der Waals surface area contributed by atoms with Crippen molar-refractivity contribution in [3.05, 3.63) is 204 Å². The average Bonchev–Trinajstić information content (AvgIpc) is 3.98. The maximum absolute atomic E-state index is 6.68. The van der Waals surface area contributed by atoms with Crippen molar-refractivity contribution in [3.8, 4) is 56.2 Å². The monoisotopic (exact) mass is 884 g/mol. The Balaban J connectivity index is 1.04. The van der Waals surface area contributed by atoms with E-state index in [1.807, 2.05) is 36.4 Å². The fourth-order valence-corrected chi connectivity index (χ4v) is 10.9. The van der Waals surface area contributed by atoms with Gasteiger partial charge in [-0.2, -0.15) is 12.6 Å². The number of hydrogen-bond acceptors (Lipinski definition) is 5. The van der Waals surface area contributed by atoms with E-state index < -0.39 is 0 Å². The molecule has 10 aromatic rings. The quantitative estimate of drug-likeness (QED) is 0.122. The molecule has 0 amide bonds. The minimum atomic E-state index is -0.0412.